The summed E-state index contributed by atoms with van der Waals surface area (Å²) in [6.45, 7) is 4.30. The largest absolute Gasteiger partial charge is 0.328 e. The van der Waals surface area contributed by atoms with Crippen molar-refractivity contribution in [3.63, 3.8) is 0 Å². The van der Waals surface area contributed by atoms with Gasteiger partial charge in [0.05, 0.1) is 24.1 Å². The SMILES string of the molecule is Cc1cnc(C(=O)N(Cc2ccccn2)C2CCCNCC2)cn1. The van der Waals surface area contributed by atoms with E-state index < -0.39 is 0 Å². The molecule has 0 saturated carbocycles. The van der Waals surface area contributed by atoms with Gasteiger partial charge in [0.25, 0.3) is 5.91 Å². The molecule has 6 nitrogen and oxygen atoms in total. The number of amides is 1. The Morgan fingerprint density at radius 1 is 1.21 bits per heavy atom. The van der Waals surface area contributed by atoms with Crippen molar-refractivity contribution in [2.24, 2.45) is 0 Å². The molecule has 1 aliphatic heterocycles. The van der Waals surface area contributed by atoms with Crippen LogP contribution in [0.25, 0.3) is 0 Å². The van der Waals surface area contributed by atoms with Crippen molar-refractivity contribution < 1.29 is 4.79 Å². The second-order valence-electron chi connectivity index (χ2n) is 6.13. The van der Waals surface area contributed by atoms with Gasteiger partial charge < -0.3 is 10.2 Å². The quantitative estimate of drug-likeness (QED) is 0.930. The van der Waals surface area contributed by atoms with Gasteiger partial charge in [-0.3, -0.25) is 14.8 Å². The summed E-state index contributed by atoms with van der Waals surface area (Å²) in [4.78, 5) is 27.8. The van der Waals surface area contributed by atoms with Crippen LogP contribution in [-0.2, 0) is 6.54 Å². The Bertz CT molecular complexity index is 651. The number of hydrogen-bond acceptors (Lipinski definition) is 5. The number of carbonyl (C=O) groups is 1. The molecule has 6 heteroatoms. The molecule has 1 N–H and O–H groups in total. The lowest BCUT2D eigenvalue weighted by Gasteiger charge is -2.30. The normalized spacial score (nSPS) is 18.0. The van der Waals surface area contributed by atoms with Gasteiger partial charge in [0, 0.05) is 18.4 Å². The van der Waals surface area contributed by atoms with Crippen LogP contribution in [0, 0.1) is 6.92 Å². The fourth-order valence-electron chi connectivity index (χ4n) is 3.00. The molecule has 1 atom stereocenters. The Hall–Kier alpha value is -2.34. The summed E-state index contributed by atoms with van der Waals surface area (Å²) in [6, 6.07) is 5.98. The van der Waals surface area contributed by atoms with Crippen LogP contribution in [0.5, 0.6) is 0 Å². The maximum absolute atomic E-state index is 13.0. The van der Waals surface area contributed by atoms with Crippen molar-refractivity contribution in [2.45, 2.75) is 38.8 Å². The highest BCUT2D eigenvalue weighted by molar-refractivity contribution is 5.92. The summed E-state index contributed by atoms with van der Waals surface area (Å²) in [5.74, 6) is -0.0694. The van der Waals surface area contributed by atoms with Gasteiger partial charge in [-0.2, -0.15) is 0 Å². The maximum atomic E-state index is 13.0. The van der Waals surface area contributed by atoms with Crippen molar-refractivity contribution in [1.82, 2.24) is 25.2 Å². The molecular weight excluding hydrogens is 302 g/mol. The zero-order valence-electron chi connectivity index (χ0n) is 14.0. The third kappa shape index (κ3) is 4.14. The zero-order valence-corrected chi connectivity index (χ0v) is 14.0. The predicted octanol–water partition coefficient (Wildman–Crippen LogP) is 1.96. The average molecular weight is 325 g/mol. The highest BCUT2D eigenvalue weighted by Gasteiger charge is 2.27. The summed E-state index contributed by atoms with van der Waals surface area (Å²) in [7, 11) is 0. The Morgan fingerprint density at radius 3 is 2.88 bits per heavy atom. The number of nitrogens with one attached hydrogen (secondary N) is 1. The number of nitrogens with zero attached hydrogens (tertiary/aromatic N) is 4. The van der Waals surface area contributed by atoms with Crippen LogP contribution in [0.1, 0.15) is 41.1 Å². The molecular formula is C18H23N5O. The monoisotopic (exact) mass is 325 g/mol. The van der Waals surface area contributed by atoms with Crippen molar-refractivity contribution in [3.8, 4) is 0 Å². The van der Waals surface area contributed by atoms with Crippen molar-refractivity contribution >= 4 is 5.91 Å². The topological polar surface area (TPSA) is 71.0 Å². The van der Waals surface area contributed by atoms with Crippen LogP contribution in [0.3, 0.4) is 0 Å². The van der Waals surface area contributed by atoms with Gasteiger partial charge in [0.1, 0.15) is 5.69 Å². The standard InChI is InChI=1S/C18H23N5O/c1-14-11-22-17(12-21-14)18(24)23(13-15-5-2-3-9-20-15)16-6-4-8-19-10-7-16/h2-3,5,9,11-12,16,19H,4,6-8,10,13H2,1H3. The molecule has 2 aromatic heterocycles. The summed E-state index contributed by atoms with van der Waals surface area (Å²) in [5.41, 5.74) is 2.10. The lowest BCUT2D eigenvalue weighted by atomic mass is 10.1. The van der Waals surface area contributed by atoms with Gasteiger partial charge in [0.15, 0.2) is 0 Å². The number of aryl methyl sites for hydroxylation is 1. The second-order valence-corrected chi connectivity index (χ2v) is 6.13. The van der Waals surface area contributed by atoms with E-state index in [1.807, 2.05) is 30.0 Å². The molecule has 1 fully saturated rings. The third-order valence-electron chi connectivity index (χ3n) is 4.31. The van der Waals surface area contributed by atoms with Crippen LogP contribution in [-0.4, -0.2) is 44.9 Å². The lowest BCUT2D eigenvalue weighted by molar-refractivity contribution is 0.0635. The molecule has 1 amide bonds. The Kier molecular flexibility index (Phi) is 5.48. The van der Waals surface area contributed by atoms with E-state index in [4.69, 9.17) is 0 Å². The third-order valence-corrected chi connectivity index (χ3v) is 4.31. The van der Waals surface area contributed by atoms with E-state index in [0.717, 1.165) is 43.7 Å². The van der Waals surface area contributed by atoms with Gasteiger partial charge >= 0.3 is 0 Å². The Morgan fingerprint density at radius 2 is 2.12 bits per heavy atom. The molecule has 1 saturated heterocycles. The van der Waals surface area contributed by atoms with Crippen LogP contribution >= 0.6 is 0 Å². The minimum atomic E-state index is -0.0694. The van der Waals surface area contributed by atoms with Crippen LogP contribution in [0.2, 0.25) is 0 Å². The Balaban J connectivity index is 1.85. The first-order valence-corrected chi connectivity index (χ1v) is 8.44. The molecule has 0 bridgehead atoms. The van der Waals surface area contributed by atoms with E-state index >= 15 is 0 Å². The van der Waals surface area contributed by atoms with Crippen LogP contribution in [0.4, 0.5) is 0 Å². The van der Waals surface area contributed by atoms with Gasteiger partial charge in [-0.05, 0) is 51.4 Å². The zero-order chi connectivity index (χ0) is 16.8. The van der Waals surface area contributed by atoms with Gasteiger partial charge in [-0.25, -0.2) is 4.98 Å². The molecule has 3 rings (SSSR count). The highest BCUT2D eigenvalue weighted by atomic mass is 16.2. The van der Waals surface area contributed by atoms with E-state index in [1.165, 1.54) is 0 Å². The molecule has 24 heavy (non-hydrogen) atoms. The van der Waals surface area contributed by atoms with E-state index in [-0.39, 0.29) is 11.9 Å². The molecule has 0 spiro atoms. The van der Waals surface area contributed by atoms with E-state index in [0.29, 0.717) is 12.2 Å². The molecule has 1 unspecified atom stereocenters. The smallest absolute Gasteiger partial charge is 0.274 e. The maximum Gasteiger partial charge on any atom is 0.274 e. The first-order chi connectivity index (χ1) is 11.7. The fraction of sp³-hybridized carbons (Fsp3) is 0.444. The van der Waals surface area contributed by atoms with E-state index in [9.17, 15) is 4.79 Å². The number of hydrogen-bond donors (Lipinski definition) is 1. The van der Waals surface area contributed by atoms with Crippen molar-refractivity contribution in [2.75, 3.05) is 13.1 Å². The summed E-state index contributed by atoms with van der Waals surface area (Å²) < 4.78 is 0. The van der Waals surface area contributed by atoms with Crippen LogP contribution in [0.15, 0.2) is 36.8 Å². The predicted molar refractivity (Wildman–Crippen MR) is 91.4 cm³/mol. The number of pyridine rings is 1. The van der Waals surface area contributed by atoms with Crippen LogP contribution < -0.4 is 5.32 Å². The van der Waals surface area contributed by atoms with Crippen molar-refractivity contribution in [3.05, 3.63) is 53.9 Å². The first kappa shape index (κ1) is 16.5. The minimum Gasteiger partial charge on any atom is -0.328 e. The van der Waals surface area contributed by atoms with Gasteiger partial charge in [0.2, 0.25) is 0 Å². The lowest BCUT2D eigenvalue weighted by Crippen LogP contribution is -2.41. The number of rotatable bonds is 4. The summed E-state index contributed by atoms with van der Waals surface area (Å²) in [5, 5.41) is 3.40. The minimum absolute atomic E-state index is 0.0694. The van der Waals surface area contributed by atoms with Crippen molar-refractivity contribution in [1.29, 1.82) is 0 Å². The summed E-state index contributed by atoms with van der Waals surface area (Å²) in [6.07, 6.45) is 7.97. The first-order valence-electron chi connectivity index (χ1n) is 8.44. The number of aromatic nitrogens is 3. The Labute approximate surface area is 142 Å². The molecule has 0 aromatic carbocycles. The molecule has 2 aromatic rings. The number of carbonyl (C=O) groups excluding carboxylic acids is 1. The fourth-order valence-corrected chi connectivity index (χ4v) is 3.00. The second kappa shape index (κ2) is 7.97. The van der Waals surface area contributed by atoms with Gasteiger partial charge in [-0.1, -0.05) is 6.07 Å². The molecule has 1 aliphatic rings. The molecule has 3 heterocycles. The van der Waals surface area contributed by atoms with E-state index in [1.54, 1.807) is 18.6 Å². The van der Waals surface area contributed by atoms with E-state index in [2.05, 4.69) is 20.3 Å². The summed E-state index contributed by atoms with van der Waals surface area (Å²) >= 11 is 0. The molecule has 0 aliphatic carbocycles. The molecule has 126 valence electrons. The molecule has 0 radical (unpaired) electrons. The average Bonchev–Trinajstić information content (AvgIpc) is 2.90. The van der Waals surface area contributed by atoms with Gasteiger partial charge in [-0.15, -0.1) is 0 Å². The highest BCUT2D eigenvalue weighted by Crippen LogP contribution is 2.18.